The Morgan fingerprint density at radius 2 is 1.96 bits per heavy atom. The van der Waals surface area contributed by atoms with Gasteiger partial charge in [0, 0.05) is 17.3 Å². The molecule has 0 spiro atoms. The molecule has 0 saturated carbocycles. The van der Waals surface area contributed by atoms with Gasteiger partial charge in [-0.3, -0.25) is 9.52 Å². The second-order valence-electron chi connectivity index (χ2n) is 6.44. The number of nitrogens with one attached hydrogen (secondary N) is 1. The van der Waals surface area contributed by atoms with E-state index in [1.54, 1.807) is 41.3 Å². The zero-order chi connectivity index (χ0) is 19.7. The zero-order valence-corrected chi connectivity index (χ0v) is 16.3. The molecule has 6 nitrogen and oxygen atoms in total. The number of carbonyl (C=O) groups is 1. The third-order valence-electron chi connectivity index (χ3n) is 4.54. The molecule has 1 N–H and O–H groups in total. The maximum absolute atomic E-state index is 12.8. The van der Waals surface area contributed by atoms with Gasteiger partial charge < -0.3 is 9.32 Å². The van der Waals surface area contributed by atoms with Crippen LogP contribution >= 0.6 is 11.6 Å². The molecule has 0 aliphatic carbocycles. The molecule has 144 valence electrons. The topological polar surface area (TPSA) is 79.6 Å². The average Bonchev–Trinajstić information content (AvgIpc) is 3.21. The van der Waals surface area contributed by atoms with Gasteiger partial charge in [0.25, 0.3) is 15.9 Å². The first-order valence-electron chi connectivity index (χ1n) is 8.71. The van der Waals surface area contributed by atoms with Crippen molar-refractivity contribution < 1.29 is 17.6 Å². The number of fused-ring (bicyclic) bond motifs is 1. The first-order valence-corrected chi connectivity index (χ1v) is 10.6. The molecular formula is C20H17ClN2O4S. The van der Waals surface area contributed by atoms with Gasteiger partial charge in [0.1, 0.15) is 0 Å². The lowest BCUT2D eigenvalue weighted by molar-refractivity contribution is 0.0958. The molecule has 0 fully saturated rings. The van der Waals surface area contributed by atoms with Crippen molar-refractivity contribution >= 4 is 38.9 Å². The lowest BCUT2D eigenvalue weighted by atomic mass is 10.0. The van der Waals surface area contributed by atoms with E-state index in [2.05, 4.69) is 4.72 Å². The van der Waals surface area contributed by atoms with Crippen molar-refractivity contribution in [3.63, 3.8) is 0 Å². The fraction of sp³-hybridized carbons (Fsp3) is 0.150. The number of benzene rings is 2. The van der Waals surface area contributed by atoms with Crippen molar-refractivity contribution in [3.8, 4) is 0 Å². The summed E-state index contributed by atoms with van der Waals surface area (Å²) >= 11 is 5.91. The summed E-state index contributed by atoms with van der Waals surface area (Å²) in [7, 11) is -3.80. The lowest BCUT2D eigenvalue weighted by Gasteiger charge is -2.29. The van der Waals surface area contributed by atoms with Gasteiger partial charge in [0.2, 0.25) is 0 Å². The van der Waals surface area contributed by atoms with Gasteiger partial charge in [0.05, 0.1) is 16.8 Å². The summed E-state index contributed by atoms with van der Waals surface area (Å²) in [5.41, 5.74) is 2.04. The van der Waals surface area contributed by atoms with E-state index in [1.165, 1.54) is 18.4 Å². The molecule has 2 heterocycles. The predicted octanol–water partition coefficient (Wildman–Crippen LogP) is 4.33. The molecule has 0 bridgehead atoms. The smallest absolute Gasteiger partial charge is 0.293 e. The highest BCUT2D eigenvalue weighted by Gasteiger charge is 2.26. The maximum Gasteiger partial charge on any atom is 0.293 e. The van der Waals surface area contributed by atoms with Crippen LogP contribution in [0.2, 0.25) is 5.02 Å². The first-order chi connectivity index (χ1) is 13.4. The van der Waals surface area contributed by atoms with Crippen molar-refractivity contribution in [3.05, 3.63) is 77.2 Å². The van der Waals surface area contributed by atoms with Crippen LogP contribution < -0.4 is 9.62 Å². The third-order valence-corrected chi connectivity index (χ3v) is 6.15. The molecule has 0 unspecified atom stereocenters. The molecule has 2 aromatic carbocycles. The minimum Gasteiger partial charge on any atom is -0.459 e. The molecule has 1 aliphatic heterocycles. The Kier molecular flexibility index (Phi) is 4.87. The van der Waals surface area contributed by atoms with E-state index in [0.717, 1.165) is 18.4 Å². The summed E-state index contributed by atoms with van der Waals surface area (Å²) in [4.78, 5) is 14.4. The second kappa shape index (κ2) is 7.33. The summed E-state index contributed by atoms with van der Waals surface area (Å²) in [6, 6.07) is 14.5. The summed E-state index contributed by atoms with van der Waals surface area (Å²) < 4.78 is 33.1. The minimum absolute atomic E-state index is 0.0706. The second-order valence-corrected chi connectivity index (χ2v) is 8.56. The number of nitrogens with zero attached hydrogens (tertiary/aromatic N) is 1. The van der Waals surface area contributed by atoms with E-state index < -0.39 is 10.0 Å². The van der Waals surface area contributed by atoms with Crippen molar-refractivity contribution in [2.24, 2.45) is 0 Å². The molecule has 3 aromatic rings. The van der Waals surface area contributed by atoms with Crippen molar-refractivity contribution in [2.45, 2.75) is 17.7 Å². The van der Waals surface area contributed by atoms with Crippen LogP contribution in [0.3, 0.4) is 0 Å². The SMILES string of the molecule is O=C(c1ccco1)N1CCCc2ccc(NS(=O)(=O)c3cccc(Cl)c3)cc21. The van der Waals surface area contributed by atoms with Crippen molar-refractivity contribution in [1.82, 2.24) is 0 Å². The fourth-order valence-electron chi connectivity index (χ4n) is 3.23. The Morgan fingerprint density at radius 1 is 1.11 bits per heavy atom. The number of aryl methyl sites for hydroxylation is 1. The van der Waals surface area contributed by atoms with Crippen LogP contribution in [0.5, 0.6) is 0 Å². The van der Waals surface area contributed by atoms with E-state index in [9.17, 15) is 13.2 Å². The molecule has 0 radical (unpaired) electrons. The highest BCUT2D eigenvalue weighted by Crippen LogP contribution is 2.32. The quantitative estimate of drug-likeness (QED) is 0.686. The van der Waals surface area contributed by atoms with Crippen LogP contribution in [0.25, 0.3) is 0 Å². The number of anilines is 2. The molecule has 8 heteroatoms. The highest BCUT2D eigenvalue weighted by atomic mass is 35.5. The number of hydrogen-bond donors (Lipinski definition) is 1. The van der Waals surface area contributed by atoms with Crippen LogP contribution in [0.4, 0.5) is 11.4 Å². The lowest BCUT2D eigenvalue weighted by Crippen LogP contribution is -2.35. The Balaban J connectivity index is 1.66. The molecule has 1 aliphatic rings. The normalized spacial score (nSPS) is 13.8. The Morgan fingerprint density at radius 3 is 2.71 bits per heavy atom. The van der Waals surface area contributed by atoms with E-state index in [-0.39, 0.29) is 16.6 Å². The number of sulfonamides is 1. The number of amides is 1. The molecule has 0 atom stereocenters. The molecule has 28 heavy (non-hydrogen) atoms. The molecule has 0 saturated heterocycles. The highest BCUT2D eigenvalue weighted by molar-refractivity contribution is 7.92. The summed E-state index contributed by atoms with van der Waals surface area (Å²) in [5.74, 6) is -0.00133. The van der Waals surface area contributed by atoms with Gasteiger partial charge in [0.15, 0.2) is 5.76 Å². The van der Waals surface area contributed by atoms with Crippen LogP contribution in [0, 0.1) is 0 Å². The van der Waals surface area contributed by atoms with E-state index >= 15 is 0 Å². The number of furan rings is 1. The van der Waals surface area contributed by atoms with E-state index in [4.69, 9.17) is 16.0 Å². The van der Waals surface area contributed by atoms with Crippen LogP contribution in [0.15, 0.2) is 70.2 Å². The number of rotatable bonds is 4. The van der Waals surface area contributed by atoms with Crippen LogP contribution in [-0.2, 0) is 16.4 Å². The first kappa shape index (κ1) is 18.6. The number of carbonyl (C=O) groups excluding carboxylic acids is 1. The van der Waals surface area contributed by atoms with Gasteiger partial charge in [-0.25, -0.2) is 8.42 Å². The van der Waals surface area contributed by atoms with Gasteiger partial charge in [-0.15, -0.1) is 0 Å². The predicted molar refractivity (Wildman–Crippen MR) is 107 cm³/mol. The number of hydrogen-bond acceptors (Lipinski definition) is 4. The third kappa shape index (κ3) is 3.63. The Labute approximate surface area is 167 Å². The van der Waals surface area contributed by atoms with Gasteiger partial charge in [-0.2, -0.15) is 0 Å². The van der Waals surface area contributed by atoms with Gasteiger partial charge >= 0.3 is 0 Å². The standard InChI is InChI=1S/C20H17ClN2O4S/c21-15-5-1-6-17(12-15)28(25,26)22-16-9-8-14-4-2-10-23(18(14)13-16)20(24)19-7-3-11-27-19/h1,3,5-9,11-13,22H,2,4,10H2. The molecule has 1 amide bonds. The molecular weight excluding hydrogens is 400 g/mol. The average molecular weight is 417 g/mol. The monoisotopic (exact) mass is 416 g/mol. The van der Waals surface area contributed by atoms with Gasteiger partial charge in [-0.05, 0) is 60.9 Å². The summed E-state index contributed by atoms with van der Waals surface area (Å²) in [6.07, 6.45) is 3.10. The van der Waals surface area contributed by atoms with Crippen molar-refractivity contribution in [1.29, 1.82) is 0 Å². The summed E-state index contributed by atoms with van der Waals surface area (Å²) in [6.45, 7) is 0.539. The molecule has 1 aromatic heterocycles. The summed E-state index contributed by atoms with van der Waals surface area (Å²) in [5, 5.41) is 0.337. The van der Waals surface area contributed by atoms with Crippen molar-refractivity contribution in [2.75, 3.05) is 16.2 Å². The van der Waals surface area contributed by atoms with Crippen LogP contribution in [-0.4, -0.2) is 20.9 Å². The Hall–Kier alpha value is -2.77. The number of halogens is 1. The van der Waals surface area contributed by atoms with Crippen LogP contribution in [0.1, 0.15) is 22.5 Å². The largest absolute Gasteiger partial charge is 0.459 e. The van der Waals surface area contributed by atoms with E-state index in [0.29, 0.717) is 22.9 Å². The Bertz CT molecular complexity index is 1130. The van der Waals surface area contributed by atoms with Gasteiger partial charge in [-0.1, -0.05) is 23.7 Å². The minimum atomic E-state index is -3.80. The van der Waals surface area contributed by atoms with E-state index in [1.807, 2.05) is 6.07 Å². The molecule has 4 rings (SSSR count). The zero-order valence-electron chi connectivity index (χ0n) is 14.8. The fourth-order valence-corrected chi connectivity index (χ4v) is 4.58. The maximum atomic E-state index is 12.8.